The van der Waals surface area contributed by atoms with Crippen molar-refractivity contribution in [1.82, 2.24) is 9.97 Å². The fraction of sp³-hybridized carbons (Fsp3) is 0.200. The van der Waals surface area contributed by atoms with E-state index in [1.54, 1.807) is 11.3 Å². The maximum atomic E-state index is 6.16. The van der Waals surface area contributed by atoms with Crippen LogP contribution in [0.2, 0.25) is 0 Å². The number of anilines is 1. The summed E-state index contributed by atoms with van der Waals surface area (Å²) in [5, 5.41) is 4.28. The van der Waals surface area contributed by atoms with Crippen molar-refractivity contribution in [3.63, 3.8) is 0 Å². The number of nitrogens with two attached hydrogens (primary N) is 1. The van der Waals surface area contributed by atoms with Gasteiger partial charge in [0, 0.05) is 29.3 Å². The van der Waals surface area contributed by atoms with Gasteiger partial charge in [-0.15, -0.1) is 11.3 Å². The fourth-order valence-corrected chi connectivity index (χ4v) is 3.37. The van der Waals surface area contributed by atoms with Crippen LogP contribution in [-0.4, -0.2) is 9.97 Å². The summed E-state index contributed by atoms with van der Waals surface area (Å²) in [5.74, 6) is 0.643. The highest BCUT2D eigenvalue weighted by molar-refractivity contribution is 7.16. The van der Waals surface area contributed by atoms with Gasteiger partial charge in [0.2, 0.25) is 0 Å². The number of benzene rings is 1. The smallest absolute Gasteiger partial charge is 0.114 e. The molecule has 0 aliphatic heterocycles. The van der Waals surface area contributed by atoms with E-state index in [1.165, 1.54) is 17.8 Å². The zero-order chi connectivity index (χ0) is 12.8. The molecule has 1 aliphatic carbocycles. The molecule has 2 N–H and O–H groups in total. The summed E-state index contributed by atoms with van der Waals surface area (Å²) in [6.07, 6.45) is 6.24. The molecule has 3 aromatic rings. The van der Waals surface area contributed by atoms with E-state index < -0.39 is 0 Å². The summed E-state index contributed by atoms with van der Waals surface area (Å²) in [6, 6.07) is 8.22. The van der Waals surface area contributed by atoms with Crippen LogP contribution in [0, 0.1) is 0 Å². The van der Waals surface area contributed by atoms with Crippen LogP contribution >= 0.6 is 11.3 Å². The van der Waals surface area contributed by atoms with Gasteiger partial charge in [-0.05, 0) is 18.2 Å². The molecule has 4 rings (SSSR count). The standard InChI is InChI=1S/C15H13N3S/c16-14-13(18-15(19-14)9-5-6-9)12-8-17-7-10-3-1-2-4-11(10)12/h1-4,7-9H,5-6,16H2. The van der Waals surface area contributed by atoms with Crippen LogP contribution < -0.4 is 5.73 Å². The third kappa shape index (κ3) is 1.79. The predicted octanol–water partition coefficient (Wildman–Crippen LogP) is 3.82. The summed E-state index contributed by atoms with van der Waals surface area (Å²) in [6.45, 7) is 0. The van der Waals surface area contributed by atoms with Crippen LogP contribution in [0.1, 0.15) is 23.8 Å². The lowest BCUT2D eigenvalue weighted by molar-refractivity contribution is 1.09. The van der Waals surface area contributed by atoms with Gasteiger partial charge in [0.25, 0.3) is 0 Å². The van der Waals surface area contributed by atoms with Crippen molar-refractivity contribution in [3.8, 4) is 11.3 Å². The van der Waals surface area contributed by atoms with E-state index in [0.29, 0.717) is 5.92 Å². The van der Waals surface area contributed by atoms with Gasteiger partial charge in [-0.3, -0.25) is 4.98 Å². The Bertz CT molecular complexity index is 754. The van der Waals surface area contributed by atoms with Gasteiger partial charge in [0.15, 0.2) is 0 Å². The maximum absolute atomic E-state index is 6.16. The highest BCUT2D eigenvalue weighted by Crippen LogP contribution is 2.45. The second-order valence-electron chi connectivity index (χ2n) is 4.95. The number of nitrogen functional groups attached to an aromatic ring is 1. The number of hydrogen-bond acceptors (Lipinski definition) is 4. The minimum absolute atomic E-state index is 0.643. The monoisotopic (exact) mass is 267 g/mol. The number of hydrogen-bond donors (Lipinski definition) is 1. The molecule has 2 aromatic heterocycles. The number of aromatic nitrogens is 2. The summed E-state index contributed by atoms with van der Waals surface area (Å²) in [5.41, 5.74) is 8.10. The van der Waals surface area contributed by atoms with E-state index in [1.807, 2.05) is 24.5 Å². The summed E-state index contributed by atoms with van der Waals surface area (Å²) in [4.78, 5) is 9.05. The highest BCUT2D eigenvalue weighted by Gasteiger charge is 2.28. The van der Waals surface area contributed by atoms with Crippen molar-refractivity contribution >= 4 is 27.1 Å². The summed E-state index contributed by atoms with van der Waals surface area (Å²) < 4.78 is 0. The molecule has 1 fully saturated rings. The van der Waals surface area contributed by atoms with Crippen LogP contribution in [0.3, 0.4) is 0 Å². The van der Waals surface area contributed by atoms with Crippen molar-refractivity contribution in [2.75, 3.05) is 5.73 Å². The van der Waals surface area contributed by atoms with Gasteiger partial charge >= 0.3 is 0 Å². The zero-order valence-electron chi connectivity index (χ0n) is 10.3. The molecule has 1 aliphatic rings. The summed E-state index contributed by atoms with van der Waals surface area (Å²) in [7, 11) is 0. The van der Waals surface area contributed by atoms with E-state index in [2.05, 4.69) is 17.1 Å². The highest BCUT2D eigenvalue weighted by atomic mass is 32.1. The lowest BCUT2D eigenvalue weighted by Crippen LogP contribution is -1.89. The molecule has 94 valence electrons. The van der Waals surface area contributed by atoms with Crippen LogP contribution in [0.5, 0.6) is 0 Å². The molecule has 1 saturated carbocycles. The lowest BCUT2D eigenvalue weighted by Gasteiger charge is -2.03. The van der Waals surface area contributed by atoms with Crippen molar-refractivity contribution in [2.45, 2.75) is 18.8 Å². The fourth-order valence-electron chi connectivity index (χ4n) is 2.35. The minimum Gasteiger partial charge on any atom is -0.389 e. The van der Waals surface area contributed by atoms with Gasteiger partial charge in [-0.1, -0.05) is 24.3 Å². The van der Waals surface area contributed by atoms with E-state index >= 15 is 0 Å². The van der Waals surface area contributed by atoms with Crippen LogP contribution in [0.4, 0.5) is 5.00 Å². The molecule has 19 heavy (non-hydrogen) atoms. The molecule has 0 bridgehead atoms. The molecular formula is C15H13N3S. The Hall–Kier alpha value is -1.94. The topological polar surface area (TPSA) is 51.8 Å². The Morgan fingerprint density at radius 1 is 1.16 bits per heavy atom. The number of fused-ring (bicyclic) bond motifs is 1. The molecular weight excluding hydrogens is 254 g/mol. The Morgan fingerprint density at radius 3 is 2.84 bits per heavy atom. The Balaban J connectivity index is 1.94. The van der Waals surface area contributed by atoms with Gasteiger partial charge in [0.05, 0.1) is 5.01 Å². The normalized spacial score (nSPS) is 14.9. The second kappa shape index (κ2) is 4.03. The number of pyridine rings is 1. The van der Waals surface area contributed by atoms with Crippen LogP contribution in [0.15, 0.2) is 36.7 Å². The van der Waals surface area contributed by atoms with E-state index in [4.69, 9.17) is 10.7 Å². The van der Waals surface area contributed by atoms with Crippen LogP contribution in [0.25, 0.3) is 22.0 Å². The molecule has 0 amide bonds. The third-order valence-corrected chi connectivity index (χ3v) is 4.57. The average molecular weight is 267 g/mol. The first-order valence-electron chi connectivity index (χ1n) is 6.42. The summed E-state index contributed by atoms with van der Waals surface area (Å²) >= 11 is 1.63. The Kier molecular flexibility index (Phi) is 2.32. The largest absolute Gasteiger partial charge is 0.389 e. The number of rotatable bonds is 2. The zero-order valence-corrected chi connectivity index (χ0v) is 11.2. The van der Waals surface area contributed by atoms with E-state index in [-0.39, 0.29) is 0 Å². The quantitative estimate of drug-likeness (QED) is 0.768. The third-order valence-electron chi connectivity index (χ3n) is 3.52. The molecule has 3 nitrogen and oxygen atoms in total. The number of thiazole rings is 1. The van der Waals surface area contributed by atoms with Gasteiger partial charge in [0.1, 0.15) is 10.7 Å². The molecule has 0 atom stereocenters. The Morgan fingerprint density at radius 2 is 2.00 bits per heavy atom. The molecule has 4 heteroatoms. The van der Waals surface area contributed by atoms with Gasteiger partial charge in [-0.2, -0.15) is 0 Å². The van der Waals surface area contributed by atoms with Crippen molar-refractivity contribution in [1.29, 1.82) is 0 Å². The molecule has 0 saturated heterocycles. The Labute approximate surface area is 115 Å². The van der Waals surface area contributed by atoms with E-state index in [0.717, 1.165) is 27.0 Å². The predicted molar refractivity (Wildman–Crippen MR) is 79.2 cm³/mol. The van der Waals surface area contributed by atoms with Crippen molar-refractivity contribution in [3.05, 3.63) is 41.7 Å². The molecule has 0 spiro atoms. The maximum Gasteiger partial charge on any atom is 0.114 e. The minimum atomic E-state index is 0.643. The molecule has 2 heterocycles. The lowest BCUT2D eigenvalue weighted by atomic mass is 10.1. The van der Waals surface area contributed by atoms with Crippen LogP contribution in [-0.2, 0) is 0 Å². The van der Waals surface area contributed by atoms with Crippen molar-refractivity contribution < 1.29 is 0 Å². The average Bonchev–Trinajstić information content (AvgIpc) is 3.22. The first-order chi connectivity index (χ1) is 9.33. The van der Waals surface area contributed by atoms with Crippen molar-refractivity contribution in [2.24, 2.45) is 0 Å². The first-order valence-corrected chi connectivity index (χ1v) is 7.24. The van der Waals surface area contributed by atoms with Gasteiger partial charge in [-0.25, -0.2) is 4.98 Å². The first kappa shape index (κ1) is 10.9. The molecule has 1 aromatic carbocycles. The van der Waals surface area contributed by atoms with E-state index in [9.17, 15) is 0 Å². The second-order valence-corrected chi connectivity index (χ2v) is 6.01. The molecule has 0 unspecified atom stereocenters. The number of nitrogens with zero attached hydrogens (tertiary/aromatic N) is 2. The molecule has 0 radical (unpaired) electrons. The van der Waals surface area contributed by atoms with Gasteiger partial charge < -0.3 is 5.73 Å². The SMILES string of the molecule is Nc1sc(C2CC2)nc1-c1cncc2ccccc12.